The van der Waals surface area contributed by atoms with Crippen LogP contribution < -0.4 is 4.74 Å². The van der Waals surface area contributed by atoms with Gasteiger partial charge in [0.25, 0.3) is 0 Å². The summed E-state index contributed by atoms with van der Waals surface area (Å²) in [6.07, 6.45) is 0.895. The van der Waals surface area contributed by atoms with Gasteiger partial charge in [-0.05, 0) is 17.9 Å². The zero-order chi connectivity index (χ0) is 12.3. The molecule has 1 rings (SSSR count). The molecule has 90 valence electrons. The molecule has 1 aromatic carbocycles. The summed E-state index contributed by atoms with van der Waals surface area (Å²) in [7, 11) is 1.52. The maximum atomic E-state index is 13.8. The van der Waals surface area contributed by atoms with E-state index in [1.807, 2.05) is 13.8 Å². The third-order valence-corrected chi connectivity index (χ3v) is 3.90. The highest BCUT2D eigenvalue weighted by Gasteiger charge is 2.29. The van der Waals surface area contributed by atoms with E-state index in [1.54, 1.807) is 12.1 Å². The van der Waals surface area contributed by atoms with Crippen molar-refractivity contribution in [1.82, 2.24) is 0 Å². The van der Waals surface area contributed by atoms with Crippen molar-refractivity contribution in [1.29, 1.82) is 0 Å². The predicted octanol–water partition coefficient (Wildman–Crippen LogP) is 4.55. The molecule has 1 atom stereocenters. The molecule has 0 aliphatic carbocycles. The molecule has 0 aromatic heterocycles. The van der Waals surface area contributed by atoms with Gasteiger partial charge in [-0.25, -0.2) is 4.39 Å². The summed E-state index contributed by atoms with van der Waals surface area (Å²) in [4.78, 5) is 0. The van der Waals surface area contributed by atoms with Crippen LogP contribution in [0.25, 0.3) is 0 Å². The normalized spacial score (nSPS) is 13.6. The van der Waals surface area contributed by atoms with Gasteiger partial charge in [-0.2, -0.15) is 0 Å². The molecule has 0 saturated heterocycles. The first-order valence-corrected chi connectivity index (χ1v) is 5.83. The van der Waals surface area contributed by atoms with Gasteiger partial charge >= 0.3 is 0 Å². The maximum Gasteiger partial charge on any atom is 0.131 e. The minimum absolute atomic E-state index is 0.128. The number of methoxy groups -OCH3 is 1. The molecule has 1 nitrogen and oxygen atoms in total. The van der Waals surface area contributed by atoms with Gasteiger partial charge in [0.05, 0.1) is 12.5 Å². The van der Waals surface area contributed by atoms with Gasteiger partial charge in [-0.15, -0.1) is 11.6 Å². The summed E-state index contributed by atoms with van der Waals surface area (Å²) < 4.78 is 18.7. The third kappa shape index (κ3) is 2.67. The van der Waals surface area contributed by atoms with Gasteiger partial charge in [0.1, 0.15) is 11.6 Å². The van der Waals surface area contributed by atoms with Crippen molar-refractivity contribution in [2.75, 3.05) is 7.11 Å². The molecule has 0 radical (unpaired) electrons. The number of benzene rings is 1. The van der Waals surface area contributed by atoms with E-state index < -0.39 is 0 Å². The van der Waals surface area contributed by atoms with Crippen molar-refractivity contribution < 1.29 is 9.13 Å². The first-order valence-electron chi connectivity index (χ1n) is 5.40. The second-order valence-corrected chi connectivity index (χ2v) is 5.03. The van der Waals surface area contributed by atoms with Gasteiger partial charge in [-0.1, -0.05) is 26.8 Å². The van der Waals surface area contributed by atoms with E-state index in [1.165, 1.54) is 13.2 Å². The Morgan fingerprint density at radius 1 is 1.44 bits per heavy atom. The molecule has 0 bridgehead atoms. The van der Waals surface area contributed by atoms with Gasteiger partial charge in [0.2, 0.25) is 0 Å². The topological polar surface area (TPSA) is 9.23 Å². The van der Waals surface area contributed by atoms with E-state index in [9.17, 15) is 4.39 Å². The Morgan fingerprint density at radius 2 is 2.06 bits per heavy atom. The molecular weight excluding hydrogens is 227 g/mol. The quantitative estimate of drug-likeness (QED) is 0.706. The monoisotopic (exact) mass is 244 g/mol. The van der Waals surface area contributed by atoms with E-state index in [0.717, 1.165) is 6.42 Å². The molecule has 0 amide bonds. The molecule has 3 heteroatoms. The highest BCUT2D eigenvalue weighted by Crippen LogP contribution is 2.42. The first kappa shape index (κ1) is 13.3. The Morgan fingerprint density at radius 3 is 2.50 bits per heavy atom. The number of ether oxygens (including phenoxy) is 1. The Hall–Kier alpha value is -0.760. The van der Waals surface area contributed by atoms with Crippen LogP contribution in [0.3, 0.4) is 0 Å². The minimum Gasteiger partial charge on any atom is -0.497 e. The molecule has 0 aliphatic rings. The highest BCUT2D eigenvalue weighted by molar-refractivity contribution is 6.21. The molecule has 1 aromatic rings. The van der Waals surface area contributed by atoms with Crippen LogP contribution in [0.15, 0.2) is 18.2 Å². The lowest BCUT2D eigenvalue weighted by Gasteiger charge is -2.29. The summed E-state index contributed by atoms with van der Waals surface area (Å²) in [6, 6.07) is 4.80. The Balaban J connectivity index is 3.05. The van der Waals surface area contributed by atoms with E-state index in [2.05, 4.69) is 6.92 Å². The fourth-order valence-corrected chi connectivity index (χ4v) is 1.77. The van der Waals surface area contributed by atoms with Crippen LogP contribution in [0.1, 0.15) is 38.1 Å². The summed E-state index contributed by atoms with van der Waals surface area (Å²) in [5.74, 6) is 0.209. The largest absolute Gasteiger partial charge is 0.497 e. The van der Waals surface area contributed by atoms with E-state index in [-0.39, 0.29) is 16.6 Å². The number of alkyl halides is 1. The van der Waals surface area contributed by atoms with E-state index in [4.69, 9.17) is 16.3 Å². The van der Waals surface area contributed by atoms with Crippen molar-refractivity contribution in [3.8, 4) is 5.75 Å². The Kier molecular flexibility index (Phi) is 4.20. The van der Waals surface area contributed by atoms with Crippen molar-refractivity contribution in [2.45, 2.75) is 32.6 Å². The highest BCUT2D eigenvalue weighted by atomic mass is 35.5. The van der Waals surface area contributed by atoms with E-state index in [0.29, 0.717) is 11.3 Å². The first-order chi connectivity index (χ1) is 7.42. The lowest BCUT2D eigenvalue weighted by Crippen LogP contribution is -2.17. The molecule has 0 saturated carbocycles. The average molecular weight is 245 g/mol. The number of hydrogen-bond donors (Lipinski definition) is 0. The summed E-state index contributed by atoms with van der Waals surface area (Å²) in [5, 5.41) is -0.330. The van der Waals surface area contributed by atoms with Gasteiger partial charge in [0.15, 0.2) is 0 Å². The van der Waals surface area contributed by atoms with E-state index >= 15 is 0 Å². The zero-order valence-electron chi connectivity index (χ0n) is 10.2. The second kappa shape index (κ2) is 5.05. The second-order valence-electron chi connectivity index (χ2n) is 4.59. The number of rotatable bonds is 4. The zero-order valence-corrected chi connectivity index (χ0v) is 10.9. The molecule has 0 spiro atoms. The standard InChI is InChI=1S/C13H18ClFO/c1-5-13(2,3)12(14)10-7-6-9(16-4)8-11(10)15/h6-8,12H,5H2,1-4H3. The summed E-state index contributed by atoms with van der Waals surface area (Å²) in [6.45, 7) is 6.12. The lowest BCUT2D eigenvalue weighted by atomic mass is 9.82. The smallest absolute Gasteiger partial charge is 0.131 e. The van der Waals surface area contributed by atoms with Crippen LogP contribution in [0, 0.1) is 11.2 Å². The van der Waals surface area contributed by atoms with Gasteiger partial charge in [-0.3, -0.25) is 0 Å². The lowest BCUT2D eigenvalue weighted by molar-refractivity contribution is 0.329. The molecule has 0 aliphatic heterocycles. The summed E-state index contributed by atoms with van der Waals surface area (Å²) in [5.41, 5.74) is 0.408. The molecule has 0 fully saturated rings. The number of halogens is 2. The van der Waals surface area contributed by atoms with Crippen LogP contribution in [0.4, 0.5) is 4.39 Å². The third-order valence-electron chi connectivity index (χ3n) is 3.08. The van der Waals surface area contributed by atoms with Crippen molar-refractivity contribution >= 4 is 11.6 Å². The molecule has 0 N–H and O–H groups in total. The van der Waals surface area contributed by atoms with Crippen LogP contribution in [0.5, 0.6) is 5.75 Å². The van der Waals surface area contributed by atoms with Crippen LogP contribution >= 0.6 is 11.6 Å². The SMILES string of the molecule is CCC(C)(C)C(Cl)c1ccc(OC)cc1F. The van der Waals surface area contributed by atoms with Crippen molar-refractivity contribution in [2.24, 2.45) is 5.41 Å². The molecular formula is C13H18ClFO. The molecule has 0 heterocycles. The average Bonchev–Trinajstić information content (AvgIpc) is 2.28. The number of hydrogen-bond acceptors (Lipinski definition) is 1. The Labute approximate surface area is 102 Å². The van der Waals surface area contributed by atoms with Gasteiger partial charge in [0, 0.05) is 11.6 Å². The van der Waals surface area contributed by atoms with Crippen molar-refractivity contribution in [3.63, 3.8) is 0 Å². The van der Waals surface area contributed by atoms with Crippen LogP contribution in [0.2, 0.25) is 0 Å². The van der Waals surface area contributed by atoms with Gasteiger partial charge < -0.3 is 4.74 Å². The maximum absolute atomic E-state index is 13.8. The fourth-order valence-electron chi connectivity index (χ4n) is 1.44. The van der Waals surface area contributed by atoms with Crippen molar-refractivity contribution in [3.05, 3.63) is 29.6 Å². The van der Waals surface area contributed by atoms with Crippen LogP contribution in [-0.2, 0) is 0 Å². The summed E-state index contributed by atoms with van der Waals surface area (Å²) >= 11 is 6.32. The van der Waals surface area contributed by atoms with Crippen LogP contribution in [-0.4, -0.2) is 7.11 Å². The molecule has 16 heavy (non-hydrogen) atoms. The fraction of sp³-hybridized carbons (Fsp3) is 0.538. The predicted molar refractivity (Wildman–Crippen MR) is 65.6 cm³/mol. The Bertz CT molecular complexity index is 363. The minimum atomic E-state index is -0.330. The molecule has 1 unspecified atom stereocenters.